The molecular weight excluding hydrogens is 1650 g/mol. The van der Waals surface area contributed by atoms with E-state index in [0.29, 0.717) is 70.4 Å². The van der Waals surface area contributed by atoms with Gasteiger partial charge in [-0.2, -0.15) is 35.7 Å². The lowest BCUT2D eigenvalue weighted by molar-refractivity contribution is -0.130. The van der Waals surface area contributed by atoms with Gasteiger partial charge in [-0.15, -0.1) is 0 Å². The zero-order valence-corrected chi connectivity index (χ0v) is 77.8. The predicted molar refractivity (Wildman–Crippen MR) is 502 cm³/mol. The molecule has 0 bridgehead atoms. The number of hydrogen-bond donors (Lipinski definition) is 0. The van der Waals surface area contributed by atoms with Crippen molar-refractivity contribution >= 4 is 75.5 Å². The highest BCUT2D eigenvalue weighted by Crippen LogP contribution is 2.50. The Hall–Kier alpha value is -12.1. The minimum Gasteiger partial charge on any atom is -0.379 e. The van der Waals surface area contributed by atoms with Gasteiger partial charge in [-0.25, -0.2) is 4.79 Å². The average molecular weight is 1780 g/mol. The van der Waals surface area contributed by atoms with Crippen molar-refractivity contribution in [2.45, 2.75) is 174 Å². The summed E-state index contributed by atoms with van der Waals surface area (Å²) >= 11 is 0. The van der Waals surface area contributed by atoms with Crippen molar-refractivity contribution in [2.24, 2.45) is 21.1 Å². The molecule has 7 aromatic heterocycles. The van der Waals surface area contributed by atoms with Gasteiger partial charge in [0.15, 0.2) is 23.3 Å². The van der Waals surface area contributed by atoms with Crippen LogP contribution in [0.3, 0.4) is 0 Å². The first-order chi connectivity index (χ1) is 63.6. The van der Waals surface area contributed by atoms with Gasteiger partial charge in [-0.05, 0) is 145 Å². The van der Waals surface area contributed by atoms with Gasteiger partial charge in [0.25, 0.3) is 0 Å². The number of carbonyl (C=O) groups excluding carboxylic acids is 4. The Labute approximate surface area is 766 Å². The Kier molecular flexibility index (Phi) is 24.2. The van der Waals surface area contributed by atoms with E-state index in [-0.39, 0.29) is 41.9 Å². The molecule has 23 rings (SSSR count). The third-order valence-corrected chi connectivity index (χ3v) is 29.1. The van der Waals surface area contributed by atoms with Crippen molar-refractivity contribution in [3.8, 4) is 33.4 Å². The average Bonchev–Trinajstić information content (AvgIpc) is 1.60. The molecule has 32 nitrogen and oxygen atoms in total. The Bertz CT molecular complexity index is 6080. The number of likely N-dealkylation sites (N-methyl/N-ethyl adjacent to an activating group) is 1. The molecule has 4 saturated heterocycles. The number of urea groups is 1. The highest BCUT2D eigenvalue weighted by Gasteiger charge is 2.42. The summed E-state index contributed by atoms with van der Waals surface area (Å²) in [5.41, 5.74) is 27.0. The second-order valence-corrected chi connectivity index (χ2v) is 37.7. The summed E-state index contributed by atoms with van der Waals surface area (Å²) in [5.74, 6) is 5.40. The van der Waals surface area contributed by atoms with E-state index < -0.39 is 0 Å². The van der Waals surface area contributed by atoms with Crippen LogP contribution in [-0.2, 0) is 113 Å². The summed E-state index contributed by atoms with van der Waals surface area (Å²) in [5, 5.41) is 33.8. The number of nitrogens with zero attached hydrogens (tertiary/aromatic N) is 24. The van der Waals surface area contributed by atoms with E-state index in [4.69, 9.17) is 39.3 Å². The number of para-hydroxylation sites is 2. The van der Waals surface area contributed by atoms with Crippen molar-refractivity contribution in [3.05, 3.63) is 178 Å². The van der Waals surface area contributed by atoms with Gasteiger partial charge in [0.05, 0.1) is 113 Å². The lowest BCUT2D eigenvalue weighted by Gasteiger charge is -2.37. The molecule has 0 radical (unpaired) electrons. The number of rotatable bonds is 12. The van der Waals surface area contributed by atoms with Crippen LogP contribution >= 0.6 is 0 Å². The lowest BCUT2D eigenvalue weighted by atomic mass is 9.86. The maximum absolute atomic E-state index is 12.8. The predicted octanol–water partition coefficient (Wildman–Crippen LogP) is 13.3. The van der Waals surface area contributed by atoms with Crippen molar-refractivity contribution in [2.75, 3.05) is 157 Å². The van der Waals surface area contributed by atoms with Crippen LogP contribution in [0.15, 0.2) is 116 Å². The second-order valence-electron chi connectivity index (χ2n) is 37.7. The molecule has 0 N–H and O–H groups in total. The zero-order chi connectivity index (χ0) is 90.1. The standard InChI is InChI=1S/C27H34N6O2.C26H33N7O2.C26H32N6O2.C20H25N5O2/c1-4-19-7-11-32(25-6-5-20(13-23(19)25)21-14-28-30(3)15-21)27-24-16-31(18(2)34)10-8-26(24)33(29-27)22-9-12-35-17-22;1-29(2)26(34)31-11-8-24-22(16-31)25(28-33(24)21-9-12-35-17-21)32-10-4-5-19-13-18(6-7-23(19)32)20-14-27-30(3)15-20;1-17-6-10-31(24-5-4-19(12-22(17)24)20-13-27-29(3)14-20)26-23-15-30(18(2)33)9-7-25(23)32(28-26)21-8-11-34-16-21;1-14(26)23-8-7-17-16(11-23)20(21-25(17)15-12-27-13-15)24-10-9-22(2)18-5-3-4-6-19(18)24/h5-6,13-15,19,22H,4,7-12,16-17H2,1-3H3;6-7,13-15,21H,4-5,8-12,16-17H2,1-3H3;4-5,12-14,17,21H,6-11,15-16H2,1-3H3;3-6,15H,7-13H2,1-2H3/t19?,22-;21-;17?,21-;/m000./s1. The minimum atomic E-state index is 0.0544. The number of benzene rings is 4. The molecule has 688 valence electrons. The monoisotopic (exact) mass is 1780 g/mol. The van der Waals surface area contributed by atoms with Gasteiger partial charge < -0.3 is 67.9 Å². The van der Waals surface area contributed by atoms with Gasteiger partial charge in [-0.3, -0.25) is 47.2 Å². The van der Waals surface area contributed by atoms with Gasteiger partial charge in [0.1, 0.15) is 0 Å². The van der Waals surface area contributed by atoms with Crippen molar-refractivity contribution in [1.82, 2.24) is 93.0 Å². The maximum Gasteiger partial charge on any atom is 0.319 e. The summed E-state index contributed by atoms with van der Waals surface area (Å²) in [6, 6.07) is 30.0. The molecule has 4 aromatic carbocycles. The Balaban J connectivity index is 0.000000110. The first-order valence-corrected chi connectivity index (χ1v) is 47.4. The van der Waals surface area contributed by atoms with Crippen LogP contribution in [0.4, 0.5) is 56.5 Å². The van der Waals surface area contributed by atoms with E-state index >= 15 is 0 Å². The number of hydrogen-bond acceptors (Lipinski definition) is 20. The topological polar surface area (TPSA) is 262 Å². The number of amides is 5. The maximum atomic E-state index is 12.8. The molecule has 5 atom stereocenters. The molecule has 0 aliphatic carbocycles. The summed E-state index contributed by atoms with van der Waals surface area (Å²) < 4.78 is 36.9. The Morgan fingerprint density at radius 1 is 0.397 bits per heavy atom. The third-order valence-electron chi connectivity index (χ3n) is 29.1. The normalized spacial score (nSPS) is 20.8. The highest BCUT2D eigenvalue weighted by molar-refractivity contribution is 5.83. The van der Waals surface area contributed by atoms with Crippen LogP contribution in [0, 0.1) is 0 Å². The quantitative estimate of drug-likeness (QED) is 0.110. The van der Waals surface area contributed by atoms with Crippen molar-refractivity contribution < 1.29 is 38.1 Å². The highest BCUT2D eigenvalue weighted by atomic mass is 16.5. The molecule has 19 heterocycles. The third kappa shape index (κ3) is 16.8. The number of anilines is 9. The summed E-state index contributed by atoms with van der Waals surface area (Å²) in [6.45, 7) is 25.6. The lowest BCUT2D eigenvalue weighted by Crippen LogP contribution is -2.42. The van der Waals surface area contributed by atoms with Crippen LogP contribution in [0.1, 0.15) is 177 Å². The molecule has 2 unspecified atom stereocenters. The van der Waals surface area contributed by atoms with Crippen LogP contribution in [-0.4, -0.2) is 250 Å². The Morgan fingerprint density at radius 3 is 1.21 bits per heavy atom. The second kappa shape index (κ2) is 36.6. The van der Waals surface area contributed by atoms with E-state index in [0.717, 1.165) is 202 Å². The molecule has 5 amide bonds. The molecule has 12 aliphatic heterocycles. The molecule has 0 spiro atoms. The van der Waals surface area contributed by atoms with Gasteiger partial charge >= 0.3 is 6.03 Å². The molecule has 4 fully saturated rings. The molecule has 131 heavy (non-hydrogen) atoms. The first-order valence-electron chi connectivity index (χ1n) is 47.4. The fraction of sp³-hybridized carbons (Fsp3) is 0.505. The fourth-order valence-corrected chi connectivity index (χ4v) is 21.7. The van der Waals surface area contributed by atoms with Crippen molar-refractivity contribution in [3.63, 3.8) is 0 Å². The molecule has 12 aliphatic rings. The molecule has 0 saturated carbocycles. The molecular formula is C99H124N24O8. The SMILES string of the molecule is CC(=O)N1CCc2c(c(N3CCC(C)c4cc(-c5cnn(C)c5)ccc43)nn2[C@H]2CCOC2)C1.CC(=O)N1CCc2c(c(N3CCN(C)c4ccccc43)nn2C2COC2)C1.CCC1CCN(c2nn([C@H]3CCOC3)c3c2CN(C(C)=O)CC3)c2ccc(-c3cnn(C)c3)cc21.CN(C)C(=O)N1CCc2c(c(N3CCCc4cc(-c5cnn(C)c5)ccc43)nn2[C@H]2CCOC2)C1. The van der Waals surface area contributed by atoms with E-state index in [1.165, 1.54) is 107 Å². The van der Waals surface area contributed by atoms with Crippen LogP contribution in [0.25, 0.3) is 33.4 Å². The number of aryl methyl sites for hydroxylation is 4. The molecule has 11 aromatic rings. The molecule has 32 heteroatoms. The Morgan fingerprint density at radius 2 is 0.794 bits per heavy atom. The number of ether oxygens (including phenoxy) is 4. The number of fused-ring (bicyclic) bond motifs is 8. The van der Waals surface area contributed by atoms with Crippen LogP contribution < -0.4 is 24.5 Å². The summed E-state index contributed by atoms with van der Waals surface area (Å²) in [4.78, 5) is 70.5. The zero-order valence-electron chi connectivity index (χ0n) is 77.8. The van der Waals surface area contributed by atoms with Crippen LogP contribution in [0.2, 0.25) is 0 Å². The van der Waals surface area contributed by atoms with Gasteiger partial charge in [0, 0.05) is 265 Å². The van der Waals surface area contributed by atoms with E-state index in [2.05, 4.69) is 177 Å². The number of aromatic nitrogens is 14. The summed E-state index contributed by atoms with van der Waals surface area (Å²) in [6.07, 6.45) is 23.7. The van der Waals surface area contributed by atoms with Crippen LogP contribution in [0.5, 0.6) is 0 Å². The van der Waals surface area contributed by atoms with E-state index in [1.807, 2.05) is 87.5 Å². The van der Waals surface area contributed by atoms with E-state index in [9.17, 15) is 19.2 Å². The number of carbonyl (C=O) groups is 4. The van der Waals surface area contributed by atoms with Gasteiger partial charge in [-0.1, -0.05) is 44.2 Å². The first kappa shape index (κ1) is 86.9. The largest absolute Gasteiger partial charge is 0.379 e. The fourth-order valence-electron chi connectivity index (χ4n) is 21.7. The van der Waals surface area contributed by atoms with Gasteiger partial charge in [0.2, 0.25) is 17.7 Å². The summed E-state index contributed by atoms with van der Waals surface area (Å²) in [7, 11) is 11.6. The smallest absolute Gasteiger partial charge is 0.319 e. The van der Waals surface area contributed by atoms with Crippen molar-refractivity contribution in [1.29, 1.82) is 0 Å². The minimum absolute atomic E-state index is 0.0544. The van der Waals surface area contributed by atoms with E-state index in [1.54, 1.807) is 25.7 Å².